The molecule has 1 saturated carbocycles. The van der Waals surface area contributed by atoms with E-state index in [0.29, 0.717) is 44.4 Å². The fraction of sp³-hybridized carbons (Fsp3) is 0.583. The van der Waals surface area contributed by atoms with Gasteiger partial charge in [0.15, 0.2) is 5.60 Å². The minimum absolute atomic E-state index is 0.0592. The van der Waals surface area contributed by atoms with Gasteiger partial charge in [0, 0.05) is 13.5 Å². The van der Waals surface area contributed by atoms with Crippen molar-refractivity contribution in [3.63, 3.8) is 0 Å². The third-order valence-electron chi connectivity index (χ3n) is 5.38. The molecule has 0 aromatic heterocycles. The molecule has 0 N–H and O–H groups in total. The molecule has 176 valence electrons. The molecule has 0 bridgehead atoms. The van der Waals surface area contributed by atoms with Crippen molar-refractivity contribution in [3.05, 3.63) is 35.4 Å². The summed E-state index contributed by atoms with van der Waals surface area (Å²) in [7, 11) is -3.43. The average molecular weight is 464 g/mol. The number of hydrogen-bond acceptors (Lipinski definition) is 6. The summed E-state index contributed by atoms with van der Waals surface area (Å²) in [6, 6.07) is 7.13. The Morgan fingerprint density at radius 1 is 1.12 bits per heavy atom. The summed E-state index contributed by atoms with van der Waals surface area (Å²) < 4.78 is 36.3. The Labute approximate surface area is 191 Å². The summed E-state index contributed by atoms with van der Waals surface area (Å²) >= 11 is 0. The largest absolute Gasteiger partial charge is 0.462 e. The van der Waals surface area contributed by atoms with Crippen LogP contribution in [0.25, 0.3) is 0 Å². The van der Waals surface area contributed by atoms with E-state index < -0.39 is 15.6 Å². The van der Waals surface area contributed by atoms with Crippen molar-refractivity contribution in [1.29, 1.82) is 0 Å². The van der Waals surface area contributed by atoms with Gasteiger partial charge in [0.05, 0.1) is 25.0 Å². The molecule has 0 radical (unpaired) electrons. The summed E-state index contributed by atoms with van der Waals surface area (Å²) in [6.07, 6.45) is 6.77. The average Bonchev–Trinajstić information content (AvgIpc) is 2.72. The molecule has 0 unspecified atom stereocenters. The number of esters is 2. The highest BCUT2D eigenvalue weighted by Gasteiger charge is 2.33. The predicted octanol–water partition coefficient (Wildman–Crippen LogP) is 3.33. The minimum atomic E-state index is -3.43. The van der Waals surface area contributed by atoms with Gasteiger partial charge in [-0.25, -0.2) is 13.2 Å². The van der Waals surface area contributed by atoms with E-state index in [4.69, 9.17) is 9.47 Å². The second-order valence-electron chi connectivity index (χ2n) is 8.07. The van der Waals surface area contributed by atoms with Gasteiger partial charge in [-0.3, -0.25) is 4.79 Å². The van der Waals surface area contributed by atoms with Crippen molar-refractivity contribution in [1.82, 2.24) is 4.31 Å². The zero-order chi connectivity index (χ0) is 23.6. The fourth-order valence-electron chi connectivity index (χ4n) is 3.78. The van der Waals surface area contributed by atoms with E-state index in [-0.39, 0.29) is 18.5 Å². The quantitative estimate of drug-likeness (QED) is 0.412. The molecular weight excluding hydrogens is 430 g/mol. The van der Waals surface area contributed by atoms with Crippen LogP contribution in [0, 0.1) is 11.8 Å². The van der Waals surface area contributed by atoms with Crippen LogP contribution in [0.1, 0.15) is 68.3 Å². The number of nitrogens with zero attached hydrogens (tertiary/aromatic N) is 1. The zero-order valence-corrected chi connectivity index (χ0v) is 20.0. The van der Waals surface area contributed by atoms with E-state index >= 15 is 0 Å². The summed E-state index contributed by atoms with van der Waals surface area (Å²) in [5, 5.41) is 0. The number of aryl methyl sites for hydroxylation is 1. The van der Waals surface area contributed by atoms with Crippen LogP contribution in [0.3, 0.4) is 0 Å². The van der Waals surface area contributed by atoms with Gasteiger partial charge in [-0.2, -0.15) is 4.31 Å². The van der Waals surface area contributed by atoms with Crippen molar-refractivity contribution in [2.75, 3.05) is 26.0 Å². The first-order chi connectivity index (χ1) is 15.1. The predicted molar refractivity (Wildman–Crippen MR) is 122 cm³/mol. The molecule has 1 aliphatic carbocycles. The molecule has 7 nitrogen and oxygen atoms in total. The summed E-state index contributed by atoms with van der Waals surface area (Å²) in [4.78, 5) is 23.2. The van der Waals surface area contributed by atoms with Gasteiger partial charge >= 0.3 is 11.9 Å². The molecule has 0 spiro atoms. The molecule has 0 aliphatic heterocycles. The molecule has 8 heteroatoms. The van der Waals surface area contributed by atoms with Gasteiger partial charge in [0.2, 0.25) is 10.0 Å². The van der Waals surface area contributed by atoms with Crippen LogP contribution in [0.15, 0.2) is 24.3 Å². The monoisotopic (exact) mass is 463 g/mol. The first-order valence-electron chi connectivity index (χ1n) is 11.1. The Morgan fingerprint density at radius 3 is 2.34 bits per heavy atom. The SMILES string of the molecule is CCOC(=O)c1ccc(CCCN(CC#CC2(OC(C)=O)CCCCC2)S(C)(=O)=O)cc1. The lowest BCUT2D eigenvalue weighted by Crippen LogP contribution is -2.36. The molecule has 0 heterocycles. The maximum Gasteiger partial charge on any atom is 0.338 e. The van der Waals surface area contributed by atoms with Crippen LogP contribution in [-0.4, -0.2) is 56.2 Å². The first-order valence-corrected chi connectivity index (χ1v) is 12.9. The Kier molecular flexibility index (Phi) is 9.73. The van der Waals surface area contributed by atoms with E-state index in [1.165, 1.54) is 17.5 Å². The second kappa shape index (κ2) is 12.0. The topological polar surface area (TPSA) is 90.0 Å². The summed E-state index contributed by atoms with van der Waals surface area (Å²) in [5.74, 6) is 5.30. The van der Waals surface area contributed by atoms with Crippen LogP contribution in [0.5, 0.6) is 0 Å². The minimum Gasteiger partial charge on any atom is -0.462 e. The highest BCUT2D eigenvalue weighted by molar-refractivity contribution is 7.88. The molecule has 0 amide bonds. The molecule has 1 aromatic rings. The molecule has 32 heavy (non-hydrogen) atoms. The van der Waals surface area contributed by atoms with Crippen LogP contribution >= 0.6 is 0 Å². The van der Waals surface area contributed by atoms with E-state index in [9.17, 15) is 18.0 Å². The number of ether oxygens (including phenoxy) is 2. The Bertz CT molecular complexity index is 937. The lowest BCUT2D eigenvalue weighted by Gasteiger charge is -2.31. The zero-order valence-electron chi connectivity index (χ0n) is 19.2. The third-order valence-corrected chi connectivity index (χ3v) is 6.63. The van der Waals surface area contributed by atoms with E-state index in [1.807, 2.05) is 12.1 Å². The highest BCUT2D eigenvalue weighted by atomic mass is 32.2. The highest BCUT2D eigenvalue weighted by Crippen LogP contribution is 2.31. The van der Waals surface area contributed by atoms with Crippen LogP contribution in [0.4, 0.5) is 0 Å². The summed E-state index contributed by atoms with van der Waals surface area (Å²) in [6.45, 7) is 3.85. The summed E-state index contributed by atoms with van der Waals surface area (Å²) in [5.41, 5.74) is 0.704. The molecule has 0 atom stereocenters. The maximum absolute atomic E-state index is 12.2. The number of carbonyl (C=O) groups is 2. The molecule has 1 fully saturated rings. The van der Waals surface area contributed by atoms with Crippen molar-refractivity contribution < 1.29 is 27.5 Å². The van der Waals surface area contributed by atoms with Gasteiger partial charge in [0.1, 0.15) is 0 Å². The normalized spacial score (nSPS) is 15.5. The van der Waals surface area contributed by atoms with Crippen molar-refractivity contribution in [3.8, 4) is 11.8 Å². The standard InChI is InChI=1S/C24H33NO6S/c1-4-30-23(27)22-13-11-21(12-14-22)10-8-18-25(32(3,28)29)19-9-17-24(31-20(2)26)15-6-5-7-16-24/h11-14H,4-8,10,15-16,18-19H2,1-3H3. The molecular formula is C24H33NO6S. The van der Waals surface area contributed by atoms with E-state index in [1.54, 1.807) is 19.1 Å². The third kappa shape index (κ3) is 8.29. The van der Waals surface area contributed by atoms with Crippen molar-refractivity contribution in [2.45, 2.75) is 64.4 Å². The Balaban J connectivity index is 1.96. The van der Waals surface area contributed by atoms with Crippen molar-refractivity contribution in [2.24, 2.45) is 0 Å². The number of sulfonamides is 1. The Hall–Kier alpha value is -2.37. The molecule has 0 saturated heterocycles. The van der Waals surface area contributed by atoms with E-state index in [2.05, 4.69) is 11.8 Å². The van der Waals surface area contributed by atoms with Gasteiger partial charge in [-0.15, -0.1) is 0 Å². The smallest absolute Gasteiger partial charge is 0.338 e. The second-order valence-corrected chi connectivity index (χ2v) is 10.1. The maximum atomic E-state index is 12.2. The number of rotatable bonds is 9. The molecule has 2 rings (SSSR count). The molecule has 1 aliphatic rings. The van der Waals surface area contributed by atoms with Crippen LogP contribution in [-0.2, 0) is 30.7 Å². The van der Waals surface area contributed by atoms with Gasteiger partial charge < -0.3 is 9.47 Å². The van der Waals surface area contributed by atoms with Crippen molar-refractivity contribution >= 4 is 22.0 Å². The number of carbonyl (C=O) groups excluding carboxylic acids is 2. The fourth-order valence-corrected chi connectivity index (χ4v) is 4.54. The van der Waals surface area contributed by atoms with Gasteiger partial charge in [-0.1, -0.05) is 30.4 Å². The number of hydrogen-bond donors (Lipinski definition) is 0. The Morgan fingerprint density at radius 2 is 1.78 bits per heavy atom. The molecule has 1 aromatic carbocycles. The number of benzene rings is 1. The van der Waals surface area contributed by atoms with Gasteiger partial charge in [-0.05, 0) is 63.1 Å². The van der Waals surface area contributed by atoms with Crippen LogP contribution < -0.4 is 0 Å². The van der Waals surface area contributed by atoms with Gasteiger partial charge in [0.25, 0.3) is 0 Å². The lowest BCUT2D eigenvalue weighted by molar-refractivity contribution is -0.153. The van der Waals surface area contributed by atoms with E-state index in [0.717, 1.165) is 24.8 Å². The lowest BCUT2D eigenvalue weighted by atomic mass is 9.85. The first kappa shape index (κ1) is 25.9. The van der Waals surface area contributed by atoms with Crippen LogP contribution in [0.2, 0.25) is 0 Å².